The standard InChI is InChI=1S/C36H41N3O5S/c1-27(2)24-37-36(41)33(23-29-14-8-5-9-15-29)38(25-30-16-10-6-11-17-30)35(40)26-39(32-22-28(3)20-21-34(32)44-4)45(42,43)31-18-12-7-13-19-31/h5-22,27,33H,23-26H2,1-4H3,(H,37,41). The van der Waals surface area contributed by atoms with Gasteiger partial charge in [0.15, 0.2) is 0 Å². The van der Waals surface area contributed by atoms with Crippen LogP contribution < -0.4 is 14.4 Å². The van der Waals surface area contributed by atoms with E-state index in [0.29, 0.717) is 12.3 Å². The Balaban J connectivity index is 1.82. The number of nitrogens with zero attached hydrogens (tertiary/aromatic N) is 2. The summed E-state index contributed by atoms with van der Waals surface area (Å²) in [6, 6.07) is 31.2. The van der Waals surface area contributed by atoms with Crippen LogP contribution in [-0.2, 0) is 32.6 Å². The monoisotopic (exact) mass is 627 g/mol. The first kappa shape index (κ1) is 33.3. The Morgan fingerprint density at radius 2 is 1.40 bits per heavy atom. The maximum atomic E-state index is 14.6. The number of rotatable bonds is 14. The molecule has 0 aliphatic carbocycles. The van der Waals surface area contributed by atoms with Crippen molar-refractivity contribution in [2.75, 3.05) is 24.5 Å². The Kier molecular flexibility index (Phi) is 11.4. The summed E-state index contributed by atoms with van der Waals surface area (Å²) in [5, 5.41) is 3.01. The van der Waals surface area contributed by atoms with E-state index in [-0.39, 0.29) is 35.4 Å². The second-order valence-electron chi connectivity index (χ2n) is 11.4. The SMILES string of the molecule is COc1ccc(C)cc1N(CC(=O)N(Cc1ccccc1)C(Cc1ccccc1)C(=O)NCC(C)C)S(=O)(=O)c1ccccc1. The zero-order chi connectivity index (χ0) is 32.4. The van der Waals surface area contributed by atoms with Gasteiger partial charge >= 0.3 is 0 Å². The third-order valence-corrected chi connectivity index (χ3v) is 9.14. The van der Waals surface area contributed by atoms with Gasteiger partial charge in [0.1, 0.15) is 18.3 Å². The van der Waals surface area contributed by atoms with Crippen molar-refractivity contribution in [3.63, 3.8) is 0 Å². The van der Waals surface area contributed by atoms with Gasteiger partial charge in [0.2, 0.25) is 11.8 Å². The van der Waals surface area contributed by atoms with Crippen LogP contribution in [0, 0.1) is 12.8 Å². The van der Waals surface area contributed by atoms with Crippen molar-refractivity contribution in [2.45, 2.75) is 44.7 Å². The Morgan fingerprint density at radius 1 is 0.822 bits per heavy atom. The number of ether oxygens (including phenoxy) is 1. The Hall–Kier alpha value is -4.63. The number of sulfonamides is 1. The molecule has 4 aromatic carbocycles. The van der Waals surface area contributed by atoms with Crippen molar-refractivity contribution in [3.05, 3.63) is 126 Å². The number of hydrogen-bond donors (Lipinski definition) is 1. The maximum Gasteiger partial charge on any atom is 0.264 e. The third-order valence-electron chi connectivity index (χ3n) is 7.36. The molecule has 0 saturated carbocycles. The molecule has 9 heteroatoms. The summed E-state index contributed by atoms with van der Waals surface area (Å²) in [5.41, 5.74) is 2.72. The van der Waals surface area contributed by atoms with Crippen LogP contribution in [0.25, 0.3) is 0 Å². The van der Waals surface area contributed by atoms with Crippen LogP contribution in [0.3, 0.4) is 0 Å². The largest absolute Gasteiger partial charge is 0.495 e. The van der Waals surface area contributed by atoms with Crippen molar-refractivity contribution in [1.29, 1.82) is 0 Å². The Bertz CT molecular complexity index is 1660. The molecule has 1 atom stereocenters. The van der Waals surface area contributed by atoms with E-state index in [4.69, 9.17) is 4.74 Å². The minimum atomic E-state index is -4.23. The van der Waals surface area contributed by atoms with E-state index < -0.39 is 28.5 Å². The Labute approximate surface area is 266 Å². The first-order valence-electron chi connectivity index (χ1n) is 15.0. The smallest absolute Gasteiger partial charge is 0.264 e. The number of benzene rings is 4. The molecule has 0 heterocycles. The van der Waals surface area contributed by atoms with E-state index in [2.05, 4.69) is 5.32 Å². The lowest BCUT2D eigenvalue weighted by molar-refractivity contribution is -0.140. The first-order valence-corrected chi connectivity index (χ1v) is 16.4. The fourth-order valence-corrected chi connectivity index (χ4v) is 6.42. The highest BCUT2D eigenvalue weighted by Crippen LogP contribution is 2.34. The number of aryl methyl sites for hydroxylation is 1. The number of nitrogens with one attached hydrogen (secondary N) is 1. The molecule has 45 heavy (non-hydrogen) atoms. The van der Waals surface area contributed by atoms with Crippen LogP contribution in [0.5, 0.6) is 5.75 Å². The summed E-state index contributed by atoms with van der Waals surface area (Å²) in [6.07, 6.45) is 0.253. The highest BCUT2D eigenvalue weighted by Gasteiger charge is 2.35. The topological polar surface area (TPSA) is 96.0 Å². The highest BCUT2D eigenvalue weighted by molar-refractivity contribution is 7.92. The van der Waals surface area contributed by atoms with Crippen LogP contribution in [0.1, 0.15) is 30.5 Å². The molecule has 0 spiro atoms. The van der Waals surface area contributed by atoms with E-state index in [9.17, 15) is 18.0 Å². The van der Waals surface area contributed by atoms with Crippen molar-refractivity contribution < 1.29 is 22.7 Å². The van der Waals surface area contributed by atoms with Gasteiger partial charge in [0.25, 0.3) is 10.0 Å². The van der Waals surface area contributed by atoms with Gasteiger partial charge in [-0.25, -0.2) is 8.42 Å². The summed E-state index contributed by atoms with van der Waals surface area (Å²) < 4.78 is 35.1. The van der Waals surface area contributed by atoms with Gasteiger partial charge in [-0.1, -0.05) is 98.8 Å². The zero-order valence-corrected chi connectivity index (χ0v) is 27.0. The molecule has 2 amide bonds. The van der Waals surface area contributed by atoms with Gasteiger partial charge in [-0.15, -0.1) is 0 Å². The number of carbonyl (C=O) groups excluding carboxylic acids is 2. The average molecular weight is 628 g/mol. The summed E-state index contributed by atoms with van der Waals surface area (Å²) >= 11 is 0. The molecule has 0 aromatic heterocycles. The van der Waals surface area contributed by atoms with Gasteiger partial charge in [0, 0.05) is 19.5 Å². The first-order chi connectivity index (χ1) is 21.6. The molecular formula is C36H41N3O5S. The van der Waals surface area contributed by atoms with Crippen molar-refractivity contribution in [3.8, 4) is 5.75 Å². The second-order valence-corrected chi connectivity index (χ2v) is 13.2. The van der Waals surface area contributed by atoms with Gasteiger partial charge < -0.3 is 15.0 Å². The zero-order valence-electron chi connectivity index (χ0n) is 26.2. The summed E-state index contributed by atoms with van der Waals surface area (Å²) in [5.74, 6) is -0.326. The number of methoxy groups -OCH3 is 1. The fourth-order valence-electron chi connectivity index (χ4n) is 4.98. The molecule has 8 nitrogen and oxygen atoms in total. The van der Waals surface area contributed by atoms with Gasteiger partial charge in [-0.3, -0.25) is 13.9 Å². The lowest BCUT2D eigenvalue weighted by Gasteiger charge is -2.34. The minimum Gasteiger partial charge on any atom is -0.495 e. The number of carbonyl (C=O) groups is 2. The van der Waals surface area contributed by atoms with Gasteiger partial charge in [0.05, 0.1) is 17.7 Å². The number of amides is 2. The maximum absolute atomic E-state index is 14.6. The molecule has 0 aliphatic heterocycles. The normalized spacial score (nSPS) is 11.9. The summed E-state index contributed by atoms with van der Waals surface area (Å²) in [4.78, 5) is 29.9. The molecule has 0 radical (unpaired) electrons. The molecule has 0 fully saturated rings. The predicted molar refractivity (Wildman–Crippen MR) is 177 cm³/mol. The van der Waals surface area contributed by atoms with Gasteiger partial charge in [-0.2, -0.15) is 0 Å². The van der Waals surface area contributed by atoms with Crippen LogP contribution in [0.4, 0.5) is 5.69 Å². The van der Waals surface area contributed by atoms with E-state index in [0.717, 1.165) is 21.0 Å². The van der Waals surface area contributed by atoms with E-state index in [1.54, 1.807) is 30.3 Å². The molecule has 0 bridgehead atoms. The van der Waals surface area contributed by atoms with Gasteiger partial charge in [-0.05, 0) is 53.8 Å². The van der Waals surface area contributed by atoms with Crippen LogP contribution in [0.15, 0.2) is 114 Å². The minimum absolute atomic E-state index is 0.0338. The van der Waals surface area contributed by atoms with Crippen molar-refractivity contribution >= 4 is 27.5 Å². The van der Waals surface area contributed by atoms with E-state index in [1.807, 2.05) is 87.5 Å². The molecule has 1 N–H and O–H groups in total. The molecule has 4 aromatic rings. The number of hydrogen-bond acceptors (Lipinski definition) is 5. The van der Waals surface area contributed by atoms with Crippen molar-refractivity contribution in [1.82, 2.24) is 10.2 Å². The molecule has 0 aliphatic rings. The van der Waals surface area contributed by atoms with Crippen LogP contribution >= 0.6 is 0 Å². The lowest BCUT2D eigenvalue weighted by atomic mass is 10.0. The quantitative estimate of drug-likeness (QED) is 0.196. The number of anilines is 1. The molecule has 4 rings (SSSR count). The second kappa shape index (κ2) is 15.4. The van der Waals surface area contributed by atoms with E-state index >= 15 is 0 Å². The third kappa shape index (κ3) is 8.73. The summed E-state index contributed by atoms with van der Waals surface area (Å²) in [7, 11) is -2.77. The highest BCUT2D eigenvalue weighted by atomic mass is 32.2. The predicted octanol–water partition coefficient (Wildman–Crippen LogP) is 5.61. The molecule has 236 valence electrons. The van der Waals surface area contributed by atoms with Crippen LogP contribution in [0.2, 0.25) is 0 Å². The van der Waals surface area contributed by atoms with E-state index in [1.165, 1.54) is 24.1 Å². The fraction of sp³-hybridized carbons (Fsp3) is 0.278. The molecular weight excluding hydrogens is 586 g/mol. The summed E-state index contributed by atoms with van der Waals surface area (Å²) in [6.45, 7) is 5.84. The lowest BCUT2D eigenvalue weighted by Crippen LogP contribution is -2.53. The Morgan fingerprint density at radius 3 is 1.98 bits per heavy atom. The average Bonchev–Trinajstić information content (AvgIpc) is 3.05. The van der Waals surface area contributed by atoms with Crippen molar-refractivity contribution in [2.24, 2.45) is 5.92 Å². The molecule has 0 saturated heterocycles. The molecule has 1 unspecified atom stereocenters. The van der Waals surface area contributed by atoms with Crippen LogP contribution in [-0.4, -0.2) is 51.4 Å².